The molecule has 90 valence electrons. The first kappa shape index (κ1) is 13.4. The van der Waals surface area contributed by atoms with Crippen LogP contribution in [0, 0.1) is 11.8 Å². The van der Waals surface area contributed by atoms with Crippen molar-refractivity contribution in [2.45, 2.75) is 58.0 Å². The van der Waals surface area contributed by atoms with Crippen LogP contribution in [0.1, 0.15) is 51.9 Å². The van der Waals surface area contributed by atoms with Crippen LogP contribution in [0.4, 0.5) is 0 Å². The van der Waals surface area contributed by atoms with Crippen LogP contribution in [0.25, 0.3) is 0 Å². The molecular formula is C13H26OS. The Labute approximate surface area is 99.0 Å². The zero-order valence-electron chi connectivity index (χ0n) is 10.2. The molecule has 0 spiro atoms. The number of aliphatic hydroxyl groups excluding tert-OH is 1. The van der Waals surface area contributed by atoms with Gasteiger partial charge in [-0.05, 0) is 49.5 Å². The second-order valence-corrected chi connectivity index (χ2v) is 5.89. The molecule has 1 aliphatic carbocycles. The summed E-state index contributed by atoms with van der Waals surface area (Å²) in [4.78, 5) is 0. The van der Waals surface area contributed by atoms with Gasteiger partial charge in [-0.15, -0.1) is 0 Å². The number of hydrogen-bond donors (Lipinski definition) is 1. The summed E-state index contributed by atoms with van der Waals surface area (Å²) >= 11 is 1.88. The van der Waals surface area contributed by atoms with E-state index in [0.717, 1.165) is 12.3 Å². The van der Waals surface area contributed by atoms with Gasteiger partial charge in [-0.2, -0.15) is 11.8 Å². The van der Waals surface area contributed by atoms with E-state index in [1.165, 1.54) is 44.3 Å². The van der Waals surface area contributed by atoms with E-state index in [9.17, 15) is 5.11 Å². The van der Waals surface area contributed by atoms with Crippen LogP contribution in [0.15, 0.2) is 0 Å². The van der Waals surface area contributed by atoms with Crippen molar-refractivity contribution in [3.05, 3.63) is 0 Å². The van der Waals surface area contributed by atoms with Crippen molar-refractivity contribution in [2.24, 2.45) is 11.8 Å². The zero-order valence-corrected chi connectivity index (χ0v) is 11.1. The number of thioether (sulfide) groups is 1. The zero-order chi connectivity index (χ0) is 11.1. The Morgan fingerprint density at radius 1 is 1.40 bits per heavy atom. The predicted molar refractivity (Wildman–Crippen MR) is 69.4 cm³/mol. The molecular weight excluding hydrogens is 204 g/mol. The summed E-state index contributed by atoms with van der Waals surface area (Å²) in [5.74, 6) is 2.69. The minimum absolute atomic E-state index is 0.0218. The SMILES string of the molecule is CCC1CCCC(C(O)CCCSC)C1. The van der Waals surface area contributed by atoms with Gasteiger partial charge in [-0.25, -0.2) is 0 Å². The molecule has 1 aliphatic rings. The number of hydrogen-bond acceptors (Lipinski definition) is 2. The summed E-state index contributed by atoms with van der Waals surface area (Å²) in [7, 11) is 0. The highest BCUT2D eigenvalue weighted by atomic mass is 32.2. The van der Waals surface area contributed by atoms with Crippen LogP contribution < -0.4 is 0 Å². The minimum Gasteiger partial charge on any atom is -0.393 e. The van der Waals surface area contributed by atoms with E-state index < -0.39 is 0 Å². The Hall–Kier alpha value is 0.310. The van der Waals surface area contributed by atoms with Crippen molar-refractivity contribution in [3.63, 3.8) is 0 Å². The normalized spacial score (nSPS) is 29.0. The van der Waals surface area contributed by atoms with E-state index in [1.54, 1.807) is 0 Å². The van der Waals surface area contributed by atoms with E-state index in [1.807, 2.05) is 11.8 Å². The quantitative estimate of drug-likeness (QED) is 0.702. The Balaban J connectivity index is 2.22. The lowest BCUT2D eigenvalue weighted by Crippen LogP contribution is -2.26. The number of aliphatic hydroxyl groups is 1. The first-order chi connectivity index (χ1) is 7.27. The Morgan fingerprint density at radius 2 is 2.20 bits per heavy atom. The van der Waals surface area contributed by atoms with Gasteiger partial charge in [-0.1, -0.05) is 26.2 Å². The van der Waals surface area contributed by atoms with Crippen molar-refractivity contribution in [2.75, 3.05) is 12.0 Å². The van der Waals surface area contributed by atoms with Gasteiger partial charge in [0.25, 0.3) is 0 Å². The van der Waals surface area contributed by atoms with E-state index in [-0.39, 0.29) is 6.10 Å². The third-order valence-electron chi connectivity index (χ3n) is 3.79. The standard InChI is InChI=1S/C13H26OS/c1-3-11-6-4-7-12(10-11)13(14)8-5-9-15-2/h11-14H,3-10H2,1-2H3. The van der Waals surface area contributed by atoms with E-state index in [4.69, 9.17) is 0 Å². The molecule has 0 radical (unpaired) electrons. The molecule has 0 aliphatic heterocycles. The highest BCUT2D eigenvalue weighted by Crippen LogP contribution is 2.34. The van der Waals surface area contributed by atoms with Gasteiger partial charge in [0.2, 0.25) is 0 Å². The van der Waals surface area contributed by atoms with Crippen LogP contribution in [0.3, 0.4) is 0 Å². The lowest BCUT2D eigenvalue weighted by atomic mass is 9.77. The van der Waals surface area contributed by atoms with E-state index >= 15 is 0 Å². The number of rotatable bonds is 6. The van der Waals surface area contributed by atoms with E-state index in [2.05, 4.69) is 13.2 Å². The molecule has 0 aromatic heterocycles. The fourth-order valence-electron chi connectivity index (χ4n) is 2.73. The molecule has 0 heterocycles. The molecule has 0 saturated heterocycles. The van der Waals surface area contributed by atoms with Gasteiger partial charge in [0.15, 0.2) is 0 Å². The van der Waals surface area contributed by atoms with Crippen LogP contribution >= 0.6 is 11.8 Å². The van der Waals surface area contributed by atoms with Crippen molar-refractivity contribution >= 4 is 11.8 Å². The first-order valence-corrected chi connectivity index (χ1v) is 7.84. The molecule has 3 atom stereocenters. The minimum atomic E-state index is -0.0218. The topological polar surface area (TPSA) is 20.2 Å². The van der Waals surface area contributed by atoms with Gasteiger partial charge in [0.05, 0.1) is 6.10 Å². The van der Waals surface area contributed by atoms with Crippen LogP contribution in [0.2, 0.25) is 0 Å². The average Bonchev–Trinajstić information content (AvgIpc) is 2.29. The van der Waals surface area contributed by atoms with Crippen LogP contribution in [0.5, 0.6) is 0 Å². The maximum absolute atomic E-state index is 10.1. The second kappa shape index (κ2) is 7.56. The molecule has 0 aromatic rings. The highest BCUT2D eigenvalue weighted by Gasteiger charge is 2.25. The van der Waals surface area contributed by atoms with Crippen molar-refractivity contribution < 1.29 is 5.11 Å². The molecule has 0 bridgehead atoms. The Kier molecular flexibility index (Phi) is 6.74. The summed E-state index contributed by atoms with van der Waals surface area (Å²) in [6.07, 6.45) is 10.9. The van der Waals surface area contributed by atoms with Crippen LogP contribution in [-0.2, 0) is 0 Å². The fraction of sp³-hybridized carbons (Fsp3) is 1.00. The van der Waals surface area contributed by atoms with E-state index in [0.29, 0.717) is 5.92 Å². The molecule has 1 fully saturated rings. The van der Waals surface area contributed by atoms with Gasteiger partial charge in [0, 0.05) is 0 Å². The maximum atomic E-state index is 10.1. The van der Waals surface area contributed by atoms with Crippen molar-refractivity contribution in [1.82, 2.24) is 0 Å². The van der Waals surface area contributed by atoms with Crippen LogP contribution in [-0.4, -0.2) is 23.2 Å². The van der Waals surface area contributed by atoms with Gasteiger partial charge in [-0.3, -0.25) is 0 Å². The molecule has 0 aromatic carbocycles. The Morgan fingerprint density at radius 3 is 2.87 bits per heavy atom. The second-order valence-electron chi connectivity index (χ2n) is 4.90. The Bertz CT molecular complexity index is 161. The predicted octanol–water partition coefficient (Wildman–Crippen LogP) is 3.71. The summed E-state index contributed by atoms with van der Waals surface area (Å²) < 4.78 is 0. The maximum Gasteiger partial charge on any atom is 0.0568 e. The third kappa shape index (κ3) is 4.78. The largest absolute Gasteiger partial charge is 0.393 e. The van der Waals surface area contributed by atoms with Gasteiger partial charge < -0.3 is 5.11 Å². The molecule has 15 heavy (non-hydrogen) atoms. The molecule has 1 rings (SSSR count). The average molecular weight is 230 g/mol. The molecule has 0 amide bonds. The fourth-order valence-corrected chi connectivity index (χ4v) is 3.18. The smallest absolute Gasteiger partial charge is 0.0568 e. The molecule has 1 nitrogen and oxygen atoms in total. The molecule has 3 unspecified atom stereocenters. The summed E-state index contributed by atoms with van der Waals surface area (Å²) in [6, 6.07) is 0. The molecule has 1 N–H and O–H groups in total. The van der Waals surface area contributed by atoms with Gasteiger partial charge >= 0.3 is 0 Å². The molecule has 2 heteroatoms. The van der Waals surface area contributed by atoms with Gasteiger partial charge in [0.1, 0.15) is 0 Å². The van der Waals surface area contributed by atoms with Crippen molar-refractivity contribution in [1.29, 1.82) is 0 Å². The monoisotopic (exact) mass is 230 g/mol. The summed E-state index contributed by atoms with van der Waals surface area (Å²) in [6.45, 7) is 2.28. The molecule has 1 saturated carbocycles. The highest BCUT2D eigenvalue weighted by molar-refractivity contribution is 7.98. The summed E-state index contributed by atoms with van der Waals surface area (Å²) in [5.41, 5.74) is 0. The lowest BCUT2D eigenvalue weighted by Gasteiger charge is -2.31. The third-order valence-corrected chi connectivity index (χ3v) is 4.49. The summed E-state index contributed by atoms with van der Waals surface area (Å²) in [5, 5.41) is 10.1. The van der Waals surface area contributed by atoms with Crippen molar-refractivity contribution in [3.8, 4) is 0 Å². The first-order valence-electron chi connectivity index (χ1n) is 6.45. The lowest BCUT2D eigenvalue weighted by molar-refractivity contribution is 0.0612.